The SMILES string of the molecule is O=C(CCC(F)(F)F)c1ccc2c(c1)C(=O)NCC2. The molecule has 0 spiro atoms. The molecule has 0 radical (unpaired) electrons. The van der Waals surface area contributed by atoms with Gasteiger partial charge in [-0.1, -0.05) is 12.1 Å². The predicted octanol–water partition coefficient (Wildman–Crippen LogP) is 2.50. The summed E-state index contributed by atoms with van der Waals surface area (Å²) in [5.41, 5.74) is 1.35. The summed E-state index contributed by atoms with van der Waals surface area (Å²) in [5.74, 6) is -0.884. The van der Waals surface area contributed by atoms with Crippen LogP contribution in [0.15, 0.2) is 18.2 Å². The zero-order chi connectivity index (χ0) is 14.0. The number of carbonyl (C=O) groups excluding carboxylic acids is 2. The number of amides is 1. The van der Waals surface area contributed by atoms with Gasteiger partial charge in [0.25, 0.3) is 5.91 Å². The highest BCUT2D eigenvalue weighted by atomic mass is 19.4. The number of alkyl halides is 3. The Morgan fingerprint density at radius 3 is 2.74 bits per heavy atom. The fourth-order valence-electron chi connectivity index (χ4n) is 1.98. The van der Waals surface area contributed by atoms with Crippen molar-refractivity contribution in [2.75, 3.05) is 6.54 Å². The minimum atomic E-state index is -4.35. The van der Waals surface area contributed by atoms with Crippen molar-refractivity contribution in [2.24, 2.45) is 0 Å². The van der Waals surface area contributed by atoms with Gasteiger partial charge in [0.2, 0.25) is 0 Å². The van der Waals surface area contributed by atoms with Crippen molar-refractivity contribution < 1.29 is 22.8 Å². The van der Waals surface area contributed by atoms with Gasteiger partial charge in [0.1, 0.15) is 0 Å². The number of fused-ring (bicyclic) bond motifs is 1. The molecular formula is C13H12F3NO2. The molecule has 1 aromatic carbocycles. The van der Waals surface area contributed by atoms with Gasteiger partial charge in [-0.15, -0.1) is 0 Å². The summed E-state index contributed by atoms with van der Waals surface area (Å²) in [4.78, 5) is 23.2. The summed E-state index contributed by atoms with van der Waals surface area (Å²) in [6.07, 6.45) is -5.42. The van der Waals surface area contributed by atoms with Crippen molar-refractivity contribution in [2.45, 2.75) is 25.4 Å². The second-order valence-electron chi connectivity index (χ2n) is 4.42. The Morgan fingerprint density at radius 2 is 2.05 bits per heavy atom. The minimum Gasteiger partial charge on any atom is -0.352 e. The standard InChI is InChI=1S/C13H12F3NO2/c14-13(15,16)5-3-11(18)9-2-1-8-4-6-17-12(19)10(8)7-9/h1-2,7H,3-6H2,(H,17,19). The number of ketones is 1. The molecule has 19 heavy (non-hydrogen) atoms. The van der Waals surface area contributed by atoms with Crippen molar-refractivity contribution in [3.63, 3.8) is 0 Å². The van der Waals surface area contributed by atoms with Crippen molar-refractivity contribution in [3.05, 3.63) is 34.9 Å². The third-order valence-electron chi connectivity index (χ3n) is 2.99. The molecule has 1 aromatic rings. The van der Waals surface area contributed by atoms with Crippen LogP contribution >= 0.6 is 0 Å². The first kappa shape index (κ1) is 13.6. The van der Waals surface area contributed by atoms with Crippen LogP contribution in [0.2, 0.25) is 0 Å². The van der Waals surface area contributed by atoms with E-state index in [0.29, 0.717) is 18.5 Å². The number of rotatable bonds is 3. The molecule has 1 amide bonds. The number of hydrogen-bond donors (Lipinski definition) is 1. The van der Waals surface area contributed by atoms with Crippen LogP contribution in [0.1, 0.15) is 39.1 Å². The lowest BCUT2D eigenvalue weighted by atomic mass is 9.95. The molecule has 1 N–H and O–H groups in total. The fourth-order valence-corrected chi connectivity index (χ4v) is 1.98. The maximum absolute atomic E-state index is 12.1. The Balaban J connectivity index is 2.15. The highest BCUT2D eigenvalue weighted by molar-refractivity contribution is 6.02. The molecule has 1 aliphatic rings. The quantitative estimate of drug-likeness (QED) is 0.858. The van der Waals surface area contributed by atoms with Gasteiger partial charge >= 0.3 is 6.18 Å². The van der Waals surface area contributed by atoms with Gasteiger partial charge in [-0.05, 0) is 18.1 Å². The molecule has 0 fully saturated rings. The largest absolute Gasteiger partial charge is 0.389 e. The third kappa shape index (κ3) is 3.33. The second kappa shape index (κ2) is 5.03. The highest BCUT2D eigenvalue weighted by Gasteiger charge is 2.28. The van der Waals surface area contributed by atoms with E-state index >= 15 is 0 Å². The molecule has 6 heteroatoms. The normalized spacial score (nSPS) is 14.8. The average Bonchev–Trinajstić information content (AvgIpc) is 2.35. The van der Waals surface area contributed by atoms with Gasteiger partial charge < -0.3 is 5.32 Å². The third-order valence-corrected chi connectivity index (χ3v) is 2.99. The average molecular weight is 271 g/mol. The lowest BCUT2D eigenvalue weighted by Crippen LogP contribution is -2.32. The zero-order valence-electron chi connectivity index (χ0n) is 10.0. The van der Waals surface area contributed by atoms with Crippen LogP contribution in [0.4, 0.5) is 13.2 Å². The lowest BCUT2D eigenvalue weighted by Gasteiger charge is -2.17. The van der Waals surface area contributed by atoms with E-state index < -0.39 is 24.8 Å². The van der Waals surface area contributed by atoms with Gasteiger partial charge in [-0.25, -0.2) is 0 Å². The van der Waals surface area contributed by atoms with E-state index in [1.54, 1.807) is 6.07 Å². The Labute approximate surface area is 107 Å². The van der Waals surface area contributed by atoms with Crippen LogP contribution in [-0.2, 0) is 6.42 Å². The summed E-state index contributed by atoms with van der Waals surface area (Å²) in [6, 6.07) is 4.49. The molecule has 0 aromatic heterocycles. The number of hydrogen-bond acceptors (Lipinski definition) is 2. The summed E-state index contributed by atoms with van der Waals surface area (Å²) >= 11 is 0. The van der Waals surface area contributed by atoms with E-state index in [2.05, 4.69) is 5.32 Å². The van der Waals surface area contributed by atoms with Crippen LogP contribution in [0, 0.1) is 0 Å². The monoisotopic (exact) mass is 271 g/mol. The topological polar surface area (TPSA) is 46.2 Å². The first-order valence-corrected chi connectivity index (χ1v) is 5.88. The summed E-state index contributed by atoms with van der Waals surface area (Å²) < 4.78 is 36.2. The van der Waals surface area contributed by atoms with E-state index in [1.165, 1.54) is 12.1 Å². The molecule has 1 heterocycles. The van der Waals surface area contributed by atoms with Crippen molar-refractivity contribution in [1.29, 1.82) is 0 Å². The van der Waals surface area contributed by atoms with Crippen molar-refractivity contribution in [1.82, 2.24) is 5.32 Å². The maximum Gasteiger partial charge on any atom is 0.389 e. The second-order valence-corrected chi connectivity index (χ2v) is 4.42. The molecule has 102 valence electrons. The molecule has 0 aliphatic carbocycles. The molecule has 0 atom stereocenters. The smallest absolute Gasteiger partial charge is 0.352 e. The lowest BCUT2D eigenvalue weighted by molar-refractivity contribution is -0.133. The number of nitrogens with one attached hydrogen (secondary N) is 1. The molecule has 1 aliphatic heterocycles. The van der Waals surface area contributed by atoms with E-state index in [4.69, 9.17) is 0 Å². The summed E-state index contributed by atoms with van der Waals surface area (Å²) in [7, 11) is 0. The molecule has 0 saturated heterocycles. The molecule has 0 unspecified atom stereocenters. The van der Waals surface area contributed by atoms with Crippen LogP contribution < -0.4 is 5.32 Å². The Hall–Kier alpha value is -1.85. The first-order chi connectivity index (χ1) is 8.87. The van der Waals surface area contributed by atoms with Crippen LogP contribution in [0.3, 0.4) is 0 Å². The summed E-state index contributed by atoms with van der Waals surface area (Å²) in [5, 5.41) is 2.63. The number of Topliss-reactive ketones (excluding diaryl/α,β-unsaturated/α-hetero) is 1. The van der Waals surface area contributed by atoms with Gasteiger partial charge in [0, 0.05) is 24.1 Å². The van der Waals surface area contributed by atoms with E-state index in [9.17, 15) is 22.8 Å². The molecular weight excluding hydrogens is 259 g/mol. The summed E-state index contributed by atoms with van der Waals surface area (Å²) in [6.45, 7) is 0.535. The maximum atomic E-state index is 12.1. The Morgan fingerprint density at radius 1 is 1.32 bits per heavy atom. The number of carbonyl (C=O) groups is 2. The van der Waals surface area contributed by atoms with Gasteiger partial charge in [0.05, 0.1) is 6.42 Å². The van der Waals surface area contributed by atoms with Crippen LogP contribution in [-0.4, -0.2) is 24.4 Å². The Bertz CT molecular complexity index is 523. The van der Waals surface area contributed by atoms with Gasteiger partial charge in [-0.3, -0.25) is 9.59 Å². The van der Waals surface area contributed by atoms with Crippen molar-refractivity contribution in [3.8, 4) is 0 Å². The predicted molar refractivity (Wildman–Crippen MR) is 62.1 cm³/mol. The van der Waals surface area contributed by atoms with Crippen molar-refractivity contribution >= 4 is 11.7 Å². The molecule has 0 bridgehead atoms. The number of halogens is 3. The van der Waals surface area contributed by atoms with E-state index in [1.807, 2.05) is 0 Å². The molecule has 0 saturated carbocycles. The minimum absolute atomic E-state index is 0.153. The van der Waals surface area contributed by atoms with Gasteiger partial charge in [0.15, 0.2) is 5.78 Å². The molecule has 2 rings (SSSR count). The first-order valence-electron chi connectivity index (χ1n) is 5.88. The van der Waals surface area contributed by atoms with Crippen LogP contribution in [0.5, 0.6) is 0 Å². The number of benzene rings is 1. The Kier molecular flexibility index (Phi) is 3.59. The zero-order valence-corrected chi connectivity index (χ0v) is 10.0. The van der Waals surface area contributed by atoms with Crippen LogP contribution in [0.25, 0.3) is 0 Å². The fraction of sp³-hybridized carbons (Fsp3) is 0.385. The van der Waals surface area contributed by atoms with Gasteiger partial charge in [-0.2, -0.15) is 13.2 Å². The molecule has 3 nitrogen and oxygen atoms in total. The highest BCUT2D eigenvalue weighted by Crippen LogP contribution is 2.23. The van der Waals surface area contributed by atoms with E-state index in [0.717, 1.165) is 5.56 Å². The van der Waals surface area contributed by atoms with E-state index in [-0.39, 0.29) is 11.5 Å².